The number of nitrogens with zero attached hydrogens (tertiary/aromatic N) is 3. The zero-order valence-electron chi connectivity index (χ0n) is 13.9. The van der Waals surface area contributed by atoms with E-state index in [0.717, 1.165) is 5.56 Å². The van der Waals surface area contributed by atoms with Gasteiger partial charge in [-0.1, -0.05) is 29.8 Å². The molecule has 0 fully saturated rings. The van der Waals surface area contributed by atoms with E-state index in [1.54, 1.807) is 17.9 Å². The van der Waals surface area contributed by atoms with Gasteiger partial charge in [-0.25, -0.2) is 0 Å². The van der Waals surface area contributed by atoms with Crippen molar-refractivity contribution in [2.45, 2.75) is 25.9 Å². The Balaban J connectivity index is 2.20. The van der Waals surface area contributed by atoms with E-state index in [-0.39, 0.29) is 30.4 Å². The number of aromatic nitrogens is 2. The van der Waals surface area contributed by atoms with Gasteiger partial charge in [-0.2, -0.15) is 5.10 Å². The summed E-state index contributed by atoms with van der Waals surface area (Å²) in [6.45, 7) is 3.32. The van der Waals surface area contributed by atoms with Crippen molar-refractivity contribution in [2.24, 2.45) is 0 Å². The van der Waals surface area contributed by atoms with Gasteiger partial charge in [-0.15, -0.1) is 0 Å². The second-order valence-corrected chi connectivity index (χ2v) is 6.09. The van der Waals surface area contributed by atoms with E-state index < -0.39 is 0 Å². The molecule has 0 aliphatic carbocycles. The van der Waals surface area contributed by atoms with Gasteiger partial charge in [0, 0.05) is 31.4 Å². The number of amides is 2. The van der Waals surface area contributed by atoms with Gasteiger partial charge in [-0.05, 0) is 24.6 Å². The molecule has 0 bridgehead atoms. The summed E-state index contributed by atoms with van der Waals surface area (Å²) in [4.78, 5) is 24.8. The molecule has 1 N–H and O–H groups in total. The van der Waals surface area contributed by atoms with Gasteiger partial charge in [0.1, 0.15) is 0 Å². The van der Waals surface area contributed by atoms with Crippen LogP contribution in [0.25, 0.3) is 0 Å². The highest BCUT2D eigenvalue weighted by Gasteiger charge is 2.25. The Kier molecular flexibility index (Phi) is 5.98. The predicted molar refractivity (Wildman–Crippen MR) is 92.7 cm³/mol. The van der Waals surface area contributed by atoms with Gasteiger partial charge in [0.2, 0.25) is 11.8 Å². The zero-order valence-corrected chi connectivity index (χ0v) is 14.7. The topological polar surface area (TPSA) is 67.2 Å². The van der Waals surface area contributed by atoms with Crippen LogP contribution in [0.4, 0.5) is 0 Å². The summed E-state index contributed by atoms with van der Waals surface area (Å²) in [6, 6.07) is 8.79. The third-order valence-electron chi connectivity index (χ3n) is 3.81. The van der Waals surface area contributed by atoms with Crippen LogP contribution in [-0.2, 0) is 9.59 Å². The van der Waals surface area contributed by atoms with Crippen molar-refractivity contribution in [2.75, 3.05) is 13.6 Å². The molecule has 2 aromatic rings. The molecule has 0 unspecified atom stereocenters. The second kappa shape index (κ2) is 7.97. The molecule has 1 aromatic carbocycles. The number of rotatable bonds is 6. The monoisotopic (exact) mass is 348 g/mol. The number of carbonyl (C=O) groups excluding carboxylic acids is 2. The molecule has 2 atom stereocenters. The fraction of sp³-hybridized carbons (Fsp3) is 0.353. The number of hydrogen-bond donors (Lipinski definition) is 1. The quantitative estimate of drug-likeness (QED) is 0.869. The van der Waals surface area contributed by atoms with Gasteiger partial charge in [0.15, 0.2) is 0 Å². The third-order valence-corrected chi connectivity index (χ3v) is 4.16. The van der Waals surface area contributed by atoms with Crippen LogP contribution >= 0.6 is 11.6 Å². The van der Waals surface area contributed by atoms with Crippen LogP contribution in [0.15, 0.2) is 42.7 Å². The first kappa shape index (κ1) is 18.0. The molecule has 0 aliphatic heterocycles. The van der Waals surface area contributed by atoms with Crippen LogP contribution in [0.1, 0.15) is 25.5 Å². The maximum absolute atomic E-state index is 12.2. The van der Waals surface area contributed by atoms with Crippen LogP contribution in [-0.4, -0.2) is 46.1 Å². The highest BCUT2D eigenvalue weighted by molar-refractivity contribution is 6.31. The van der Waals surface area contributed by atoms with Crippen molar-refractivity contribution in [3.05, 3.63) is 53.3 Å². The Morgan fingerprint density at radius 3 is 2.62 bits per heavy atom. The van der Waals surface area contributed by atoms with Gasteiger partial charge in [0.05, 0.1) is 18.6 Å². The molecule has 24 heavy (non-hydrogen) atoms. The molecule has 0 saturated heterocycles. The van der Waals surface area contributed by atoms with Crippen molar-refractivity contribution in [3.63, 3.8) is 0 Å². The van der Waals surface area contributed by atoms with Crippen molar-refractivity contribution >= 4 is 23.4 Å². The molecule has 1 aromatic heterocycles. The fourth-order valence-corrected chi connectivity index (χ4v) is 2.75. The number of carbonyl (C=O) groups is 2. The normalized spacial score (nSPS) is 13.2. The van der Waals surface area contributed by atoms with E-state index in [2.05, 4.69) is 10.4 Å². The minimum atomic E-state index is -0.266. The molecule has 1 heterocycles. The Bertz CT molecular complexity index is 702. The smallest absolute Gasteiger partial charge is 0.239 e. The summed E-state index contributed by atoms with van der Waals surface area (Å²) < 4.78 is 1.76. The minimum absolute atomic E-state index is 0.00796. The first-order valence-electron chi connectivity index (χ1n) is 7.64. The number of halogens is 1. The molecule has 0 spiro atoms. The number of hydrogen-bond acceptors (Lipinski definition) is 3. The Morgan fingerprint density at radius 2 is 2.04 bits per heavy atom. The number of likely N-dealkylation sites (N-methyl/N-ethyl adjacent to an activating group) is 1. The molecule has 6 nitrogen and oxygen atoms in total. The lowest BCUT2D eigenvalue weighted by molar-refractivity contribution is -0.133. The Morgan fingerprint density at radius 1 is 1.33 bits per heavy atom. The molecule has 0 radical (unpaired) electrons. The lowest BCUT2D eigenvalue weighted by Gasteiger charge is -2.27. The first-order chi connectivity index (χ1) is 11.4. The molecule has 2 rings (SSSR count). The summed E-state index contributed by atoms with van der Waals surface area (Å²) in [5.74, 6) is -0.392. The van der Waals surface area contributed by atoms with E-state index in [0.29, 0.717) is 5.02 Å². The van der Waals surface area contributed by atoms with Crippen LogP contribution < -0.4 is 5.32 Å². The summed E-state index contributed by atoms with van der Waals surface area (Å²) in [6.07, 6.45) is 3.51. The molecule has 128 valence electrons. The van der Waals surface area contributed by atoms with Gasteiger partial charge in [-0.3, -0.25) is 14.3 Å². The molecule has 7 heteroatoms. The first-order valence-corrected chi connectivity index (χ1v) is 8.02. The standard InChI is InChI=1S/C17H21ClN4O2/c1-12(20-16(24)11-21(3)13(2)23)17(22-10-6-9-19-22)14-7-4-5-8-15(14)18/h4-10,12,17H,11H2,1-3H3,(H,20,24)/t12-,17-/m0/s1. The van der Waals surface area contributed by atoms with E-state index in [1.807, 2.05) is 43.5 Å². The lowest BCUT2D eigenvalue weighted by atomic mass is 10.0. The lowest BCUT2D eigenvalue weighted by Crippen LogP contribution is -2.44. The summed E-state index contributed by atoms with van der Waals surface area (Å²) >= 11 is 6.34. The Hall–Kier alpha value is -2.34. The van der Waals surface area contributed by atoms with Gasteiger partial charge in [0.25, 0.3) is 0 Å². The van der Waals surface area contributed by atoms with E-state index in [4.69, 9.17) is 11.6 Å². The molecule has 0 aliphatic rings. The average Bonchev–Trinajstić information content (AvgIpc) is 3.03. The SMILES string of the molecule is CC(=O)N(C)CC(=O)N[C@@H](C)[C@@H](c1ccccc1Cl)n1cccn1. The van der Waals surface area contributed by atoms with E-state index in [9.17, 15) is 9.59 Å². The van der Waals surface area contributed by atoms with E-state index >= 15 is 0 Å². The van der Waals surface area contributed by atoms with Gasteiger partial charge < -0.3 is 10.2 Å². The maximum atomic E-state index is 12.2. The van der Waals surface area contributed by atoms with Gasteiger partial charge >= 0.3 is 0 Å². The molecule has 0 saturated carbocycles. The maximum Gasteiger partial charge on any atom is 0.239 e. The highest BCUT2D eigenvalue weighted by atomic mass is 35.5. The third kappa shape index (κ3) is 4.35. The summed E-state index contributed by atoms with van der Waals surface area (Å²) in [7, 11) is 1.59. The zero-order chi connectivity index (χ0) is 17.7. The molecule has 2 amide bonds. The molecular formula is C17H21ClN4O2. The van der Waals surface area contributed by atoms with Crippen LogP contribution in [0.2, 0.25) is 5.02 Å². The fourth-order valence-electron chi connectivity index (χ4n) is 2.51. The van der Waals surface area contributed by atoms with Crippen LogP contribution in [0, 0.1) is 0 Å². The molecular weight excluding hydrogens is 328 g/mol. The van der Waals surface area contributed by atoms with Crippen LogP contribution in [0.3, 0.4) is 0 Å². The highest BCUT2D eigenvalue weighted by Crippen LogP contribution is 2.28. The predicted octanol–water partition coefficient (Wildman–Crippen LogP) is 2.11. The van der Waals surface area contributed by atoms with Crippen molar-refractivity contribution in [3.8, 4) is 0 Å². The van der Waals surface area contributed by atoms with E-state index in [1.165, 1.54) is 11.8 Å². The summed E-state index contributed by atoms with van der Waals surface area (Å²) in [5, 5.41) is 7.83. The Labute approximate surface area is 146 Å². The second-order valence-electron chi connectivity index (χ2n) is 5.68. The summed E-state index contributed by atoms with van der Waals surface area (Å²) in [5.41, 5.74) is 0.871. The van der Waals surface area contributed by atoms with Crippen molar-refractivity contribution < 1.29 is 9.59 Å². The van der Waals surface area contributed by atoms with Crippen LogP contribution in [0.5, 0.6) is 0 Å². The number of nitrogens with one attached hydrogen (secondary N) is 1. The van der Waals surface area contributed by atoms with Crippen molar-refractivity contribution in [1.29, 1.82) is 0 Å². The largest absolute Gasteiger partial charge is 0.350 e. The number of benzene rings is 1. The van der Waals surface area contributed by atoms with Crippen molar-refractivity contribution in [1.82, 2.24) is 20.0 Å². The average molecular weight is 349 g/mol. The minimum Gasteiger partial charge on any atom is -0.350 e.